The number of carbonyl (C=O) groups is 2. The highest BCUT2D eigenvalue weighted by molar-refractivity contribution is 8.00. The third-order valence-electron chi connectivity index (χ3n) is 2.78. The molecular formula is C12H15N3O2S. The lowest BCUT2D eigenvalue weighted by Crippen LogP contribution is -2.30. The molecule has 1 unspecified atom stereocenters. The lowest BCUT2D eigenvalue weighted by molar-refractivity contribution is -0.121. The van der Waals surface area contributed by atoms with E-state index in [2.05, 4.69) is 10.7 Å². The molecule has 1 atom stereocenters. The van der Waals surface area contributed by atoms with E-state index < -0.39 is 0 Å². The minimum Gasteiger partial charge on any atom is -0.324 e. The summed E-state index contributed by atoms with van der Waals surface area (Å²) in [5.41, 5.74) is 3.93. The summed E-state index contributed by atoms with van der Waals surface area (Å²) < 4.78 is 0. The SMILES string of the molecule is CC1Sc2ccc(CCC(=O)NN)cc2NC1=O. The molecule has 0 radical (unpaired) electrons. The predicted molar refractivity (Wildman–Crippen MR) is 71.0 cm³/mol. The number of rotatable bonds is 3. The summed E-state index contributed by atoms with van der Waals surface area (Å²) in [6.45, 7) is 1.88. The zero-order valence-electron chi connectivity index (χ0n) is 10.0. The average molecular weight is 265 g/mol. The van der Waals surface area contributed by atoms with Crippen LogP contribution in [0.5, 0.6) is 0 Å². The molecule has 1 aliphatic rings. The molecule has 4 N–H and O–H groups in total. The molecule has 6 heteroatoms. The van der Waals surface area contributed by atoms with Gasteiger partial charge in [0.2, 0.25) is 11.8 Å². The van der Waals surface area contributed by atoms with Crippen LogP contribution in [0.2, 0.25) is 0 Å². The monoisotopic (exact) mass is 265 g/mol. The summed E-state index contributed by atoms with van der Waals surface area (Å²) >= 11 is 1.55. The molecule has 0 fully saturated rings. The van der Waals surface area contributed by atoms with Gasteiger partial charge in [0.15, 0.2) is 0 Å². The van der Waals surface area contributed by atoms with Crippen molar-refractivity contribution in [3.8, 4) is 0 Å². The molecule has 0 aromatic heterocycles. The molecule has 1 aliphatic heterocycles. The van der Waals surface area contributed by atoms with E-state index in [9.17, 15) is 9.59 Å². The minimum absolute atomic E-state index is 0.0179. The fourth-order valence-corrected chi connectivity index (χ4v) is 2.67. The maximum atomic E-state index is 11.6. The molecule has 2 amide bonds. The first-order chi connectivity index (χ1) is 8.60. The van der Waals surface area contributed by atoms with Gasteiger partial charge in [-0.2, -0.15) is 0 Å². The fraction of sp³-hybridized carbons (Fsp3) is 0.333. The Morgan fingerprint density at radius 1 is 1.56 bits per heavy atom. The van der Waals surface area contributed by atoms with Gasteiger partial charge in [-0.3, -0.25) is 15.0 Å². The first-order valence-corrected chi connectivity index (χ1v) is 6.58. The molecular weight excluding hydrogens is 250 g/mol. The van der Waals surface area contributed by atoms with Crippen molar-refractivity contribution < 1.29 is 9.59 Å². The number of nitrogens with one attached hydrogen (secondary N) is 2. The third kappa shape index (κ3) is 2.83. The Hall–Kier alpha value is -1.53. The van der Waals surface area contributed by atoms with Crippen molar-refractivity contribution >= 4 is 29.3 Å². The van der Waals surface area contributed by atoms with Gasteiger partial charge >= 0.3 is 0 Å². The van der Waals surface area contributed by atoms with Crippen molar-refractivity contribution in [3.05, 3.63) is 23.8 Å². The number of fused-ring (bicyclic) bond motifs is 1. The Kier molecular flexibility index (Phi) is 3.88. The van der Waals surface area contributed by atoms with Crippen LogP contribution in [0.1, 0.15) is 18.9 Å². The van der Waals surface area contributed by atoms with Crippen LogP contribution in [-0.4, -0.2) is 17.1 Å². The summed E-state index contributed by atoms with van der Waals surface area (Å²) in [7, 11) is 0. The zero-order chi connectivity index (χ0) is 13.1. The summed E-state index contributed by atoms with van der Waals surface area (Å²) in [6.07, 6.45) is 0.944. The lowest BCUT2D eigenvalue weighted by Gasteiger charge is -2.21. The second-order valence-corrected chi connectivity index (χ2v) is 5.53. The van der Waals surface area contributed by atoms with Gasteiger partial charge in [0.05, 0.1) is 10.9 Å². The number of nitrogens with two attached hydrogens (primary N) is 1. The Morgan fingerprint density at radius 3 is 3.06 bits per heavy atom. The summed E-state index contributed by atoms with van der Waals surface area (Å²) in [5, 5.41) is 2.80. The van der Waals surface area contributed by atoms with Crippen molar-refractivity contribution in [3.63, 3.8) is 0 Å². The van der Waals surface area contributed by atoms with Gasteiger partial charge in [0.25, 0.3) is 0 Å². The lowest BCUT2D eigenvalue weighted by atomic mass is 10.1. The number of hydrazine groups is 1. The first kappa shape index (κ1) is 12.9. The molecule has 0 aliphatic carbocycles. The molecule has 1 aromatic carbocycles. The van der Waals surface area contributed by atoms with Gasteiger partial charge in [0, 0.05) is 11.3 Å². The Balaban J connectivity index is 2.10. The van der Waals surface area contributed by atoms with E-state index in [1.807, 2.05) is 25.1 Å². The largest absolute Gasteiger partial charge is 0.324 e. The molecule has 2 rings (SSSR count). The smallest absolute Gasteiger partial charge is 0.237 e. The van der Waals surface area contributed by atoms with Gasteiger partial charge in [-0.25, -0.2) is 5.84 Å². The summed E-state index contributed by atoms with van der Waals surface area (Å²) in [6, 6.07) is 5.86. The van der Waals surface area contributed by atoms with Gasteiger partial charge < -0.3 is 5.32 Å². The third-order valence-corrected chi connectivity index (χ3v) is 3.95. The fourth-order valence-electron chi connectivity index (χ4n) is 1.74. The number of amides is 2. The molecule has 0 saturated heterocycles. The first-order valence-electron chi connectivity index (χ1n) is 5.70. The van der Waals surface area contributed by atoms with Crippen molar-refractivity contribution in [2.24, 2.45) is 5.84 Å². The number of aryl methyl sites for hydroxylation is 1. The van der Waals surface area contributed by atoms with Gasteiger partial charge in [-0.15, -0.1) is 11.8 Å². The molecule has 0 bridgehead atoms. The van der Waals surface area contributed by atoms with Crippen molar-refractivity contribution in [1.29, 1.82) is 0 Å². The van der Waals surface area contributed by atoms with Gasteiger partial charge in [0.1, 0.15) is 0 Å². The van der Waals surface area contributed by atoms with Crippen molar-refractivity contribution in [2.45, 2.75) is 29.9 Å². The van der Waals surface area contributed by atoms with E-state index in [-0.39, 0.29) is 17.1 Å². The highest BCUT2D eigenvalue weighted by Crippen LogP contribution is 2.36. The molecule has 18 heavy (non-hydrogen) atoms. The number of anilines is 1. The summed E-state index contributed by atoms with van der Waals surface area (Å²) in [5.74, 6) is 4.84. The molecule has 5 nitrogen and oxygen atoms in total. The second kappa shape index (κ2) is 5.41. The van der Waals surface area contributed by atoms with Crippen LogP contribution >= 0.6 is 11.8 Å². The maximum absolute atomic E-state index is 11.6. The zero-order valence-corrected chi connectivity index (χ0v) is 10.8. The number of thioether (sulfide) groups is 1. The maximum Gasteiger partial charge on any atom is 0.237 e. The molecule has 96 valence electrons. The van der Waals surface area contributed by atoms with E-state index in [0.717, 1.165) is 16.1 Å². The van der Waals surface area contributed by atoms with Crippen LogP contribution in [0.3, 0.4) is 0 Å². The second-order valence-electron chi connectivity index (χ2n) is 4.15. The minimum atomic E-state index is -0.195. The number of benzene rings is 1. The van der Waals surface area contributed by atoms with Crippen molar-refractivity contribution in [2.75, 3.05) is 5.32 Å². The number of hydrogen-bond acceptors (Lipinski definition) is 4. The molecule has 1 heterocycles. The summed E-state index contributed by atoms with van der Waals surface area (Å²) in [4.78, 5) is 23.7. The van der Waals surface area contributed by atoms with Crippen LogP contribution in [-0.2, 0) is 16.0 Å². The number of carbonyl (C=O) groups excluding carboxylic acids is 2. The average Bonchev–Trinajstić information content (AvgIpc) is 2.37. The van der Waals surface area contributed by atoms with E-state index in [0.29, 0.717) is 12.8 Å². The van der Waals surface area contributed by atoms with Crippen LogP contribution in [0, 0.1) is 0 Å². The number of hydrogen-bond donors (Lipinski definition) is 3. The normalized spacial score (nSPS) is 17.9. The predicted octanol–water partition coefficient (Wildman–Crippen LogP) is 1.04. The van der Waals surface area contributed by atoms with E-state index in [4.69, 9.17) is 5.84 Å². The topological polar surface area (TPSA) is 84.2 Å². The molecule has 0 spiro atoms. The molecule has 1 aromatic rings. The van der Waals surface area contributed by atoms with E-state index in [1.165, 1.54) is 0 Å². The quantitative estimate of drug-likeness (QED) is 0.433. The van der Waals surface area contributed by atoms with Gasteiger partial charge in [-0.05, 0) is 31.0 Å². The van der Waals surface area contributed by atoms with Crippen LogP contribution < -0.4 is 16.6 Å². The standard InChI is InChI=1S/C12H15N3O2S/c1-7-12(17)14-9-6-8(2-4-10(9)18-7)3-5-11(16)15-13/h2,4,6-7H,3,5,13H2,1H3,(H,14,17)(H,15,16). The van der Waals surface area contributed by atoms with Crippen LogP contribution in [0.25, 0.3) is 0 Å². The highest BCUT2D eigenvalue weighted by atomic mass is 32.2. The van der Waals surface area contributed by atoms with E-state index >= 15 is 0 Å². The van der Waals surface area contributed by atoms with Crippen LogP contribution in [0.4, 0.5) is 5.69 Å². The highest BCUT2D eigenvalue weighted by Gasteiger charge is 2.22. The van der Waals surface area contributed by atoms with Crippen LogP contribution in [0.15, 0.2) is 23.1 Å². The Bertz CT molecular complexity index is 490. The van der Waals surface area contributed by atoms with E-state index in [1.54, 1.807) is 11.8 Å². The Labute approximate surface area is 109 Å². The van der Waals surface area contributed by atoms with Crippen molar-refractivity contribution in [1.82, 2.24) is 5.43 Å². The Morgan fingerprint density at radius 2 is 2.33 bits per heavy atom. The molecule has 0 saturated carbocycles. The van der Waals surface area contributed by atoms with Gasteiger partial charge in [-0.1, -0.05) is 6.07 Å².